The SMILES string of the molecule is CC(C)N1CCC(CC(=O)N[C@H](CC(C)(C)C)c2cccnc2)CC1. The Morgan fingerprint density at radius 3 is 2.52 bits per heavy atom. The topological polar surface area (TPSA) is 45.2 Å². The summed E-state index contributed by atoms with van der Waals surface area (Å²) in [5, 5.41) is 3.28. The summed E-state index contributed by atoms with van der Waals surface area (Å²) in [5.74, 6) is 0.695. The van der Waals surface area contributed by atoms with Crippen LogP contribution in [0, 0.1) is 11.3 Å². The van der Waals surface area contributed by atoms with E-state index < -0.39 is 0 Å². The van der Waals surface area contributed by atoms with E-state index in [4.69, 9.17) is 0 Å². The van der Waals surface area contributed by atoms with Gasteiger partial charge in [-0.05, 0) is 69.2 Å². The highest BCUT2D eigenvalue weighted by molar-refractivity contribution is 5.76. The van der Waals surface area contributed by atoms with E-state index >= 15 is 0 Å². The molecule has 0 aromatic carbocycles. The maximum absolute atomic E-state index is 12.7. The maximum Gasteiger partial charge on any atom is 0.220 e. The summed E-state index contributed by atoms with van der Waals surface area (Å²) in [4.78, 5) is 19.4. The van der Waals surface area contributed by atoms with Crippen molar-refractivity contribution in [1.29, 1.82) is 0 Å². The average molecular weight is 346 g/mol. The molecule has 1 aliphatic rings. The van der Waals surface area contributed by atoms with Crippen LogP contribution in [-0.4, -0.2) is 34.9 Å². The fourth-order valence-corrected chi connectivity index (χ4v) is 3.64. The molecular weight excluding hydrogens is 310 g/mol. The zero-order chi connectivity index (χ0) is 18.4. The molecule has 0 radical (unpaired) electrons. The number of aromatic nitrogens is 1. The lowest BCUT2D eigenvalue weighted by Gasteiger charge is -2.34. The van der Waals surface area contributed by atoms with Gasteiger partial charge in [0, 0.05) is 24.9 Å². The van der Waals surface area contributed by atoms with E-state index in [9.17, 15) is 4.79 Å². The van der Waals surface area contributed by atoms with Crippen molar-refractivity contribution in [1.82, 2.24) is 15.2 Å². The number of amides is 1. The van der Waals surface area contributed by atoms with Gasteiger partial charge in [0.2, 0.25) is 5.91 Å². The molecule has 0 unspecified atom stereocenters. The van der Waals surface area contributed by atoms with Crippen molar-refractivity contribution >= 4 is 5.91 Å². The molecule has 2 heterocycles. The van der Waals surface area contributed by atoms with Gasteiger partial charge in [0.1, 0.15) is 0 Å². The smallest absolute Gasteiger partial charge is 0.220 e. The normalized spacial score (nSPS) is 18.3. The Labute approximate surface area is 153 Å². The Balaban J connectivity index is 1.91. The molecule has 0 aliphatic carbocycles. The van der Waals surface area contributed by atoms with Crippen LogP contribution < -0.4 is 5.32 Å². The first-order chi connectivity index (χ1) is 11.7. The third kappa shape index (κ3) is 6.77. The number of rotatable bonds is 6. The van der Waals surface area contributed by atoms with E-state index in [0.717, 1.165) is 37.9 Å². The van der Waals surface area contributed by atoms with Crippen LogP contribution in [0.4, 0.5) is 0 Å². The molecule has 1 atom stereocenters. The molecule has 1 fully saturated rings. The van der Waals surface area contributed by atoms with E-state index in [1.807, 2.05) is 12.3 Å². The number of nitrogens with one attached hydrogen (secondary N) is 1. The fraction of sp³-hybridized carbons (Fsp3) is 0.714. The van der Waals surface area contributed by atoms with E-state index in [0.29, 0.717) is 18.4 Å². The molecule has 2 rings (SSSR count). The van der Waals surface area contributed by atoms with Gasteiger partial charge < -0.3 is 10.2 Å². The summed E-state index contributed by atoms with van der Waals surface area (Å²) in [5.41, 5.74) is 1.25. The van der Waals surface area contributed by atoms with Crippen molar-refractivity contribution in [3.8, 4) is 0 Å². The molecule has 1 aromatic rings. The number of likely N-dealkylation sites (tertiary alicyclic amines) is 1. The van der Waals surface area contributed by atoms with Gasteiger partial charge in [-0.2, -0.15) is 0 Å². The van der Waals surface area contributed by atoms with Gasteiger partial charge in [0.05, 0.1) is 6.04 Å². The zero-order valence-electron chi connectivity index (χ0n) is 16.6. The standard InChI is InChI=1S/C21H35N3O/c1-16(2)24-11-8-17(9-12-24)13-20(25)23-19(14-21(3,4)5)18-7-6-10-22-15-18/h6-7,10,15-17,19H,8-9,11-14H2,1-5H3,(H,23,25)/t19-/m1/s1. The van der Waals surface area contributed by atoms with Crippen molar-refractivity contribution in [2.45, 2.75) is 72.4 Å². The van der Waals surface area contributed by atoms with Gasteiger partial charge in [0.25, 0.3) is 0 Å². The lowest BCUT2D eigenvalue weighted by Crippen LogP contribution is -2.40. The molecule has 4 nitrogen and oxygen atoms in total. The van der Waals surface area contributed by atoms with Gasteiger partial charge in [-0.25, -0.2) is 0 Å². The quantitative estimate of drug-likeness (QED) is 0.841. The van der Waals surface area contributed by atoms with Crippen LogP contribution in [0.5, 0.6) is 0 Å². The molecular formula is C21H35N3O. The second-order valence-electron chi connectivity index (χ2n) is 8.95. The molecule has 1 aromatic heterocycles. The van der Waals surface area contributed by atoms with E-state index in [-0.39, 0.29) is 17.4 Å². The third-order valence-electron chi connectivity index (χ3n) is 5.09. The second kappa shape index (κ2) is 8.79. The first-order valence-corrected chi connectivity index (χ1v) is 9.68. The third-order valence-corrected chi connectivity index (χ3v) is 5.09. The number of piperidine rings is 1. The minimum Gasteiger partial charge on any atom is -0.349 e. The van der Waals surface area contributed by atoms with Crippen LogP contribution in [-0.2, 0) is 4.79 Å². The van der Waals surface area contributed by atoms with Crippen LogP contribution in [0.15, 0.2) is 24.5 Å². The lowest BCUT2D eigenvalue weighted by atomic mass is 9.85. The predicted octanol–water partition coefficient (Wildman–Crippen LogP) is 4.19. The highest BCUT2D eigenvalue weighted by atomic mass is 16.1. The minimum absolute atomic E-state index is 0.0388. The molecule has 1 N–H and O–H groups in total. The van der Waals surface area contributed by atoms with Crippen LogP contribution in [0.25, 0.3) is 0 Å². The Bertz CT molecular complexity index is 528. The lowest BCUT2D eigenvalue weighted by molar-refractivity contribution is -0.123. The largest absolute Gasteiger partial charge is 0.349 e. The first-order valence-electron chi connectivity index (χ1n) is 9.68. The summed E-state index contributed by atoms with van der Waals surface area (Å²) in [7, 11) is 0. The highest BCUT2D eigenvalue weighted by Crippen LogP contribution is 2.30. The molecule has 0 saturated carbocycles. The molecule has 140 valence electrons. The summed E-state index contributed by atoms with van der Waals surface area (Å²) in [6.07, 6.45) is 7.47. The Kier molecular flexibility index (Phi) is 7.00. The Hall–Kier alpha value is -1.42. The van der Waals surface area contributed by atoms with Crippen molar-refractivity contribution in [3.63, 3.8) is 0 Å². The number of hydrogen-bond acceptors (Lipinski definition) is 3. The maximum atomic E-state index is 12.7. The van der Waals surface area contributed by atoms with E-state index in [1.54, 1.807) is 6.20 Å². The number of pyridine rings is 1. The monoisotopic (exact) mass is 345 g/mol. The van der Waals surface area contributed by atoms with Crippen molar-refractivity contribution < 1.29 is 4.79 Å². The number of carbonyl (C=O) groups is 1. The summed E-state index contributed by atoms with van der Waals surface area (Å²) in [6, 6.07) is 4.65. The summed E-state index contributed by atoms with van der Waals surface area (Å²) >= 11 is 0. The van der Waals surface area contributed by atoms with Gasteiger partial charge >= 0.3 is 0 Å². The number of nitrogens with zero attached hydrogens (tertiary/aromatic N) is 2. The number of hydrogen-bond donors (Lipinski definition) is 1. The van der Waals surface area contributed by atoms with Crippen molar-refractivity contribution in [2.24, 2.45) is 11.3 Å². The van der Waals surface area contributed by atoms with Crippen LogP contribution in [0.2, 0.25) is 0 Å². The highest BCUT2D eigenvalue weighted by Gasteiger charge is 2.26. The zero-order valence-corrected chi connectivity index (χ0v) is 16.6. The van der Waals surface area contributed by atoms with Gasteiger partial charge in [-0.15, -0.1) is 0 Å². The molecule has 0 bridgehead atoms. The first kappa shape index (κ1) is 19.9. The molecule has 1 saturated heterocycles. The van der Waals surface area contributed by atoms with Gasteiger partial charge in [-0.1, -0.05) is 26.8 Å². The Morgan fingerprint density at radius 1 is 1.32 bits per heavy atom. The van der Waals surface area contributed by atoms with Crippen molar-refractivity contribution in [3.05, 3.63) is 30.1 Å². The minimum atomic E-state index is 0.0388. The second-order valence-corrected chi connectivity index (χ2v) is 8.95. The van der Waals surface area contributed by atoms with Crippen molar-refractivity contribution in [2.75, 3.05) is 13.1 Å². The average Bonchev–Trinajstić information content (AvgIpc) is 2.54. The van der Waals surface area contributed by atoms with Crippen LogP contribution in [0.3, 0.4) is 0 Å². The predicted molar refractivity (Wildman–Crippen MR) is 103 cm³/mol. The fourth-order valence-electron chi connectivity index (χ4n) is 3.64. The number of carbonyl (C=O) groups excluding carboxylic acids is 1. The Morgan fingerprint density at radius 2 is 2.00 bits per heavy atom. The van der Waals surface area contributed by atoms with Gasteiger partial charge in [0.15, 0.2) is 0 Å². The molecule has 1 amide bonds. The van der Waals surface area contributed by atoms with E-state index in [1.165, 1.54) is 0 Å². The molecule has 4 heteroatoms. The van der Waals surface area contributed by atoms with Gasteiger partial charge in [-0.3, -0.25) is 9.78 Å². The summed E-state index contributed by atoms with van der Waals surface area (Å²) in [6.45, 7) is 13.4. The molecule has 25 heavy (non-hydrogen) atoms. The summed E-state index contributed by atoms with van der Waals surface area (Å²) < 4.78 is 0. The van der Waals surface area contributed by atoms with E-state index in [2.05, 4.69) is 55.9 Å². The van der Waals surface area contributed by atoms with Crippen LogP contribution >= 0.6 is 0 Å². The molecule has 0 spiro atoms. The van der Waals surface area contributed by atoms with Crippen LogP contribution in [0.1, 0.15) is 71.9 Å². The molecule has 1 aliphatic heterocycles.